The van der Waals surface area contributed by atoms with Gasteiger partial charge in [-0.3, -0.25) is 0 Å². The van der Waals surface area contributed by atoms with E-state index in [1.54, 1.807) is 0 Å². The Kier molecular flexibility index (Phi) is 3.32. The number of hydrogen-bond donors (Lipinski definition) is 2. The lowest BCUT2D eigenvalue weighted by atomic mass is 10.2. The third-order valence-electron chi connectivity index (χ3n) is 2.33. The zero-order valence-electron chi connectivity index (χ0n) is 9.00. The molecule has 0 aliphatic rings. The third kappa shape index (κ3) is 2.47. The number of rotatable bonds is 3. The maximum Gasteiger partial charge on any atom is 0.0640 e. The van der Waals surface area contributed by atoms with Crippen LogP contribution in [0.15, 0.2) is 48.5 Å². The molecule has 0 amide bonds. The molecule has 2 N–H and O–H groups in total. The first-order valence-electron chi connectivity index (χ1n) is 5.09. The fourth-order valence-electron chi connectivity index (χ4n) is 1.44. The maximum absolute atomic E-state index is 6.06. The largest absolute Gasteiger partial charge is 0.388 e. The van der Waals surface area contributed by atoms with Crippen LogP contribution in [0.2, 0.25) is 5.02 Å². The first kappa shape index (κ1) is 10.8. The van der Waals surface area contributed by atoms with Crippen LogP contribution in [0.4, 0.5) is 17.1 Å². The molecular weight excluding hydrogens is 220 g/mol. The summed E-state index contributed by atoms with van der Waals surface area (Å²) in [5.41, 5.74) is 3.03. The van der Waals surface area contributed by atoms with Gasteiger partial charge in [-0.05, 0) is 36.4 Å². The van der Waals surface area contributed by atoms with Crippen molar-refractivity contribution < 1.29 is 0 Å². The van der Waals surface area contributed by atoms with Gasteiger partial charge in [0.1, 0.15) is 0 Å². The average molecular weight is 233 g/mol. The molecule has 2 aromatic rings. The van der Waals surface area contributed by atoms with Crippen LogP contribution in [0.1, 0.15) is 0 Å². The van der Waals surface area contributed by atoms with Gasteiger partial charge in [-0.25, -0.2) is 0 Å². The molecule has 0 saturated heterocycles. The summed E-state index contributed by atoms with van der Waals surface area (Å²) >= 11 is 6.06. The van der Waals surface area contributed by atoms with E-state index in [9.17, 15) is 0 Å². The Bertz CT molecular complexity index is 466. The van der Waals surface area contributed by atoms with Gasteiger partial charge in [-0.1, -0.05) is 23.7 Å². The van der Waals surface area contributed by atoms with Crippen molar-refractivity contribution in [3.63, 3.8) is 0 Å². The zero-order chi connectivity index (χ0) is 11.4. The molecule has 2 nitrogen and oxygen atoms in total. The Morgan fingerprint density at radius 3 is 2.12 bits per heavy atom. The molecule has 16 heavy (non-hydrogen) atoms. The molecule has 0 aromatic heterocycles. The van der Waals surface area contributed by atoms with Crippen molar-refractivity contribution in [2.24, 2.45) is 0 Å². The van der Waals surface area contributed by atoms with E-state index in [0.717, 1.165) is 22.1 Å². The van der Waals surface area contributed by atoms with Gasteiger partial charge in [0, 0.05) is 18.4 Å². The summed E-state index contributed by atoms with van der Waals surface area (Å²) < 4.78 is 0. The van der Waals surface area contributed by atoms with E-state index in [0.29, 0.717) is 0 Å². The van der Waals surface area contributed by atoms with Crippen LogP contribution < -0.4 is 10.6 Å². The van der Waals surface area contributed by atoms with E-state index in [2.05, 4.69) is 10.6 Å². The van der Waals surface area contributed by atoms with E-state index < -0.39 is 0 Å². The molecule has 0 heterocycles. The lowest BCUT2D eigenvalue weighted by Crippen LogP contribution is -1.92. The van der Waals surface area contributed by atoms with E-state index in [1.165, 1.54) is 0 Å². The van der Waals surface area contributed by atoms with Crippen LogP contribution >= 0.6 is 11.6 Å². The van der Waals surface area contributed by atoms with Gasteiger partial charge in [0.2, 0.25) is 0 Å². The number of hydrogen-bond acceptors (Lipinski definition) is 2. The van der Waals surface area contributed by atoms with Crippen molar-refractivity contribution >= 4 is 28.7 Å². The third-order valence-corrected chi connectivity index (χ3v) is 2.66. The molecule has 0 spiro atoms. The highest BCUT2D eigenvalue weighted by Gasteiger charge is 1.98. The maximum atomic E-state index is 6.06. The first-order valence-corrected chi connectivity index (χ1v) is 5.47. The summed E-state index contributed by atoms with van der Waals surface area (Å²) in [6.45, 7) is 0. The minimum Gasteiger partial charge on any atom is -0.388 e. The molecule has 0 aliphatic carbocycles. The van der Waals surface area contributed by atoms with Crippen molar-refractivity contribution in [1.29, 1.82) is 0 Å². The molecule has 0 radical (unpaired) electrons. The summed E-state index contributed by atoms with van der Waals surface area (Å²) in [5.74, 6) is 0. The van der Waals surface area contributed by atoms with Crippen molar-refractivity contribution in [1.82, 2.24) is 0 Å². The molecule has 0 unspecified atom stereocenters. The Labute approximate surface area is 100 Å². The van der Waals surface area contributed by atoms with Gasteiger partial charge in [-0.2, -0.15) is 0 Å². The minimum atomic E-state index is 0.722. The number of benzene rings is 2. The highest BCUT2D eigenvalue weighted by Crippen LogP contribution is 2.25. The highest BCUT2D eigenvalue weighted by molar-refractivity contribution is 6.33. The monoisotopic (exact) mass is 232 g/mol. The molecule has 2 rings (SSSR count). The Morgan fingerprint density at radius 2 is 1.50 bits per heavy atom. The van der Waals surface area contributed by atoms with Crippen molar-refractivity contribution in [3.8, 4) is 0 Å². The van der Waals surface area contributed by atoms with Crippen LogP contribution in [-0.4, -0.2) is 7.05 Å². The second kappa shape index (κ2) is 4.90. The molecule has 0 atom stereocenters. The van der Waals surface area contributed by atoms with Crippen LogP contribution in [0, 0.1) is 0 Å². The summed E-state index contributed by atoms with van der Waals surface area (Å²) in [4.78, 5) is 0. The van der Waals surface area contributed by atoms with Crippen molar-refractivity contribution in [2.45, 2.75) is 0 Å². The van der Waals surface area contributed by atoms with Gasteiger partial charge >= 0.3 is 0 Å². The normalized spacial score (nSPS) is 9.88. The fraction of sp³-hybridized carbons (Fsp3) is 0.0769. The van der Waals surface area contributed by atoms with E-state index in [-0.39, 0.29) is 0 Å². The molecule has 0 aliphatic heterocycles. The predicted octanol–water partition coefficient (Wildman–Crippen LogP) is 4.13. The first-order chi connectivity index (χ1) is 7.79. The highest BCUT2D eigenvalue weighted by atomic mass is 35.5. The summed E-state index contributed by atoms with van der Waals surface area (Å²) in [6.07, 6.45) is 0. The number of halogens is 1. The quantitative estimate of drug-likeness (QED) is 0.832. The Morgan fingerprint density at radius 1 is 0.875 bits per heavy atom. The second-order valence-electron chi connectivity index (χ2n) is 3.43. The van der Waals surface area contributed by atoms with Gasteiger partial charge in [0.05, 0.1) is 10.7 Å². The van der Waals surface area contributed by atoms with E-state index >= 15 is 0 Å². The van der Waals surface area contributed by atoms with Crippen LogP contribution in [0.5, 0.6) is 0 Å². The number of para-hydroxylation sites is 1. The van der Waals surface area contributed by atoms with Crippen molar-refractivity contribution in [3.05, 3.63) is 53.6 Å². The SMILES string of the molecule is CNc1ccc(Nc2ccccc2Cl)cc1. The molecule has 0 fully saturated rings. The summed E-state index contributed by atoms with van der Waals surface area (Å²) in [7, 11) is 1.90. The van der Waals surface area contributed by atoms with Crippen LogP contribution in [0.25, 0.3) is 0 Å². The van der Waals surface area contributed by atoms with Gasteiger partial charge in [0.25, 0.3) is 0 Å². The molecule has 0 saturated carbocycles. The molecule has 82 valence electrons. The average Bonchev–Trinajstić information content (AvgIpc) is 2.33. The van der Waals surface area contributed by atoms with Crippen molar-refractivity contribution in [2.75, 3.05) is 17.7 Å². The lowest BCUT2D eigenvalue weighted by molar-refractivity contribution is 1.49. The van der Waals surface area contributed by atoms with Gasteiger partial charge < -0.3 is 10.6 Å². The van der Waals surface area contributed by atoms with E-state index in [4.69, 9.17) is 11.6 Å². The molecular formula is C13H13ClN2. The summed E-state index contributed by atoms with van der Waals surface area (Å²) in [5, 5.41) is 7.06. The van der Waals surface area contributed by atoms with E-state index in [1.807, 2.05) is 55.6 Å². The molecule has 2 aromatic carbocycles. The van der Waals surface area contributed by atoms with Crippen LogP contribution in [0.3, 0.4) is 0 Å². The standard InChI is InChI=1S/C13H13ClN2/c1-15-10-6-8-11(9-7-10)16-13-5-3-2-4-12(13)14/h2-9,15-16H,1H3. The van der Waals surface area contributed by atoms with Gasteiger partial charge in [-0.15, -0.1) is 0 Å². The molecule has 3 heteroatoms. The second-order valence-corrected chi connectivity index (χ2v) is 3.84. The smallest absolute Gasteiger partial charge is 0.0640 e. The Hall–Kier alpha value is -1.67. The van der Waals surface area contributed by atoms with Gasteiger partial charge in [0.15, 0.2) is 0 Å². The minimum absolute atomic E-state index is 0.722. The molecule has 0 bridgehead atoms. The predicted molar refractivity (Wildman–Crippen MR) is 70.7 cm³/mol. The Balaban J connectivity index is 2.18. The zero-order valence-corrected chi connectivity index (χ0v) is 9.75. The number of anilines is 3. The topological polar surface area (TPSA) is 24.1 Å². The summed E-state index contributed by atoms with van der Waals surface area (Å²) in [6, 6.07) is 15.7. The lowest BCUT2D eigenvalue weighted by Gasteiger charge is -2.08. The van der Waals surface area contributed by atoms with Crippen LogP contribution in [-0.2, 0) is 0 Å². The number of nitrogens with one attached hydrogen (secondary N) is 2. The fourth-order valence-corrected chi connectivity index (χ4v) is 1.62.